The molecule has 2 rings (SSSR count). The molecular formula is C14H21N3O3. The molecule has 20 heavy (non-hydrogen) atoms. The summed E-state index contributed by atoms with van der Waals surface area (Å²) in [6.07, 6.45) is 2.94. The van der Waals surface area contributed by atoms with E-state index in [0.717, 1.165) is 19.3 Å². The fourth-order valence-corrected chi connectivity index (χ4v) is 2.81. The zero-order chi connectivity index (χ0) is 14.7. The minimum Gasteiger partial charge on any atom is -0.494 e. The van der Waals surface area contributed by atoms with E-state index in [2.05, 4.69) is 11.9 Å². The molecule has 0 radical (unpaired) electrons. The molecule has 1 aliphatic rings. The molecule has 0 saturated carbocycles. The quantitative estimate of drug-likeness (QED) is 0.757. The summed E-state index contributed by atoms with van der Waals surface area (Å²) >= 11 is 0. The Labute approximate surface area is 117 Å². The molecule has 0 aromatic carbocycles. The number of hydrogen-bond acceptors (Lipinski definition) is 4. The normalized spacial score (nSPS) is 22.8. The predicted molar refractivity (Wildman–Crippen MR) is 75.6 cm³/mol. The van der Waals surface area contributed by atoms with E-state index in [-0.39, 0.29) is 23.4 Å². The highest BCUT2D eigenvalue weighted by molar-refractivity contribution is 5.94. The summed E-state index contributed by atoms with van der Waals surface area (Å²) in [7, 11) is 0. The Balaban J connectivity index is 2.21. The largest absolute Gasteiger partial charge is 0.494 e. The standard InChI is InChI=1S/C14H21N3O3/c1-2-9-3-4-17(11(5-9)8-15)14(20)10-6-12(18)16-13(19)7-10/h6-7,9,11H,2-5,8,15H2,1H3,(H2,16,18,19). The number of likely N-dealkylation sites (tertiary alicyclic amines) is 1. The average molecular weight is 279 g/mol. The van der Waals surface area contributed by atoms with Crippen LogP contribution in [0.2, 0.25) is 0 Å². The zero-order valence-electron chi connectivity index (χ0n) is 11.6. The second-order valence-corrected chi connectivity index (χ2v) is 5.31. The fraction of sp³-hybridized carbons (Fsp3) is 0.571. The lowest BCUT2D eigenvalue weighted by molar-refractivity contribution is 0.0558. The SMILES string of the molecule is CCC1CCN(C(=O)c2cc(O)[nH]c(=O)c2)C(CN)C1. The molecule has 6 heteroatoms. The first-order chi connectivity index (χ1) is 9.55. The number of nitrogens with one attached hydrogen (secondary N) is 1. The van der Waals surface area contributed by atoms with Gasteiger partial charge in [-0.25, -0.2) is 0 Å². The van der Waals surface area contributed by atoms with Gasteiger partial charge in [-0.05, 0) is 18.8 Å². The van der Waals surface area contributed by atoms with Gasteiger partial charge in [0.2, 0.25) is 0 Å². The van der Waals surface area contributed by atoms with Gasteiger partial charge in [-0.15, -0.1) is 0 Å². The van der Waals surface area contributed by atoms with Crippen molar-refractivity contribution in [2.45, 2.75) is 32.2 Å². The summed E-state index contributed by atoms with van der Waals surface area (Å²) in [6.45, 7) is 3.20. The lowest BCUT2D eigenvalue weighted by atomic mass is 9.88. The molecule has 2 atom stereocenters. The van der Waals surface area contributed by atoms with Gasteiger partial charge in [0.1, 0.15) is 0 Å². The number of nitrogens with two attached hydrogens (primary N) is 1. The van der Waals surface area contributed by atoms with E-state index in [1.807, 2.05) is 0 Å². The van der Waals surface area contributed by atoms with Crippen LogP contribution < -0.4 is 11.3 Å². The first-order valence-corrected chi connectivity index (χ1v) is 6.99. The van der Waals surface area contributed by atoms with Crippen LogP contribution in [0.1, 0.15) is 36.5 Å². The van der Waals surface area contributed by atoms with E-state index in [4.69, 9.17) is 5.73 Å². The van der Waals surface area contributed by atoms with Crippen molar-refractivity contribution in [3.05, 3.63) is 28.0 Å². The molecule has 1 aliphatic heterocycles. The number of aromatic hydroxyl groups is 1. The van der Waals surface area contributed by atoms with Crippen molar-refractivity contribution in [1.29, 1.82) is 0 Å². The molecule has 6 nitrogen and oxygen atoms in total. The van der Waals surface area contributed by atoms with Gasteiger partial charge in [0.25, 0.3) is 11.5 Å². The van der Waals surface area contributed by atoms with Crippen molar-refractivity contribution in [3.8, 4) is 5.88 Å². The Morgan fingerprint density at radius 1 is 1.55 bits per heavy atom. The smallest absolute Gasteiger partial charge is 0.254 e. The summed E-state index contributed by atoms with van der Waals surface area (Å²) in [5, 5.41) is 9.39. The number of hydrogen-bond donors (Lipinski definition) is 3. The predicted octanol–water partition coefficient (Wildman–Crippen LogP) is 0.670. The number of aromatic amines is 1. The monoisotopic (exact) mass is 279 g/mol. The van der Waals surface area contributed by atoms with E-state index in [1.165, 1.54) is 12.1 Å². The van der Waals surface area contributed by atoms with E-state index in [0.29, 0.717) is 19.0 Å². The Hall–Kier alpha value is -1.82. The first kappa shape index (κ1) is 14.6. The number of carbonyl (C=O) groups is 1. The van der Waals surface area contributed by atoms with Crippen LogP contribution >= 0.6 is 0 Å². The number of amides is 1. The molecule has 1 aromatic rings. The second kappa shape index (κ2) is 6.09. The molecule has 0 bridgehead atoms. The molecule has 0 spiro atoms. The molecular weight excluding hydrogens is 258 g/mol. The number of carbonyl (C=O) groups excluding carboxylic acids is 1. The minimum absolute atomic E-state index is 0.00244. The van der Waals surface area contributed by atoms with E-state index in [1.54, 1.807) is 4.90 Å². The molecule has 2 unspecified atom stereocenters. The lowest BCUT2D eigenvalue weighted by Gasteiger charge is -2.38. The molecule has 0 aliphatic carbocycles. The third kappa shape index (κ3) is 3.01. The maximum atomic E-state index is 12.5. The number of H-pyrrole nitrogens is 1. The van der Waals surface area contributed by atoms with Crippen LogP contribution in [0.5, 0.6) is 5.88 Å². The maximum Gasteiger partial charge on any atom is 0.254 e. The van der Waals surface area contributed by atoms with Crippen LogP contribution in [-0.2, 0) is 0 Å². The van der Waals surface area contributed by atoms with Crippen molar-refractivity contribution in [3.63, 3.8) is 0 Å². The molecule has 2 heterocycles. The van der Waals surface area contributed by atoms with Crippen LogP contribution in [0.4, 0.5) is 0 Å². The highest BCUT2D eigenvalue weighted by atomic mass is 16.3. The summed E-state index contributed by atoms with van der Waals surface area (Å²) in [6, 6.07) is 2.49. The fourth-order valence-electron chi connectivity index (χ4n) is 2.81. The van der Waals surface area contributed by atoms with Gasteiger partial charge in [0, 0.05) is 31.3 Å². The van der Waals surface area contributed by atoms with E-state index in [9.17, 15) is 14.7 Å². The van der Waals surface area contributed by atoms with Gasteiger partial charge < -0.3 is 15.7 Å². The van der Waals surface area contributed by atoms with Crippen LogP contribution in [-0.4, -0.2) is 40.0 Å². The van der Waals surface area contributed by atoms with Gasteiger partial charge in [0.05, 0.1) is 5.56 Å². The molecule has 1 aromatic heterocycles. The van der Waals surface area contributed by atoms with Crippen molar-refractivity contribution >= 4 is 5.91 Å². The third-order valence-corrected chi connectivity index (χ3v) is 4.01. The number of pyridine rings is 1. The van der Waals surface area contributed by atoms with Crippen LogP contribution in [0.25, 0.3) is 0 Å². The third-order valence-electron chi connectivity index (χ3n) is 4.01. The minimum atomic E-state index is -0.485. The molecule has 1 fully saturated rings. The van der Waals surface area contributed by atoms with E-state index >= 15 is 0 Å². The van der Waals surface area contributed by atoms with Gasteiger partial charge in [0.15, 0.2) is 5.88 Å². The number of rotatable bonds is 3. The first-order valence-electron chi connectivity index (χ1n) is 6.99. The highest BCUT2D eigenvalue weighted by Gasteiger charge is 2.30. The van der Waals surface area contributed by atoms with Crippen molar-refractivity contribution in [2.75, 3.05) is 13.1 Å². The zero-order valence-corrected chi connectivity index (χ0v) is 11.6. The maximum absolute atomic E-state index is 12.5. The number of piperidine rings is 1. The molecule has 4 N–H and O–H groups in total. The molecule has 1 amide bonds. The van der Waals surface area contributed by atoms with Crippen LogP contribution in [0.3, 0.4) is 0 Å². The number of nitrogens with zero attached hydrogens (tertiary/aromatic N) is 1. The summed E-state index contributed by atoms with van der Waals surface area (Å²) in [5.41, 5.74) is 5.50. The average Bonchev–Trinajstić information content (AvgIpc) is 2.44. The van der Waals surface area contributed by atoms with Crippen LogP contribution in [0.15, 0.2) is 16.9 Å². The van der Waals surface area contributed by atoms with Crippen molar-refractivity contribution < 1.29 is 9.90 Å². The summed E-state index contributed by atoms with van der Waals surface area (Å²) in [5.74, 6) is 0.0603. The number of aromatic nitrogens is 1. The molecule has 1 saturated heterocycles. The highest BCUT2D eigenvalue weighted by Crippen LogP contribution is 2.26. The van der Waals surface area contributed by atoms with Crippen LogP contribution in [0, 0.1) is 5.92 Å². The summed E-state index contributed by atoms with van der Waals surface area (Å²) in [4.78, 5) is 27.7. The van der Waals surface area contributed by atoms with Gasteiger partial charge in [-0.3, -0.25) is 14.6 Å². The Morgan fingerprint density at radius 3 is 2.90 bits per heavy atom. The molecule has 110 valence electrons. The van der Waals surface area contributed by atoms with Crippen molar-refractivity contribution in [1.82, 2.24) is 9.88 Å². The Morgan fingerprint density at radius 2 is 2.30 bits per heavy atom. The van der Waals surface area contributed by atoms with E-state index < -0.39 is 5.56 Å². The Bertz CT molecular complexity index is 541. The summed E-state index contributed by atoms with van der Waals surface area (Å²) < 4.78 is 0. The Kier molecular flexibility index (Phi) is 4.44. The van der Waals surface area contributed by atoms with Gasteiger partial charge in [-0.1, -0.05) is 13.3 Å². The lowest BCUT2D eigenvalue weighted by Crippen LogP contribution is -2.49. The topological polar surface area (TPSA) is 99.4 Å². The second-order valence-electron chi connectivity index (χ2n) is 5.31. The van der Waals surface area contributed by atoms with Gasteiger partial charge >= 0.3 is 0 Å². The van der Waals surface area contributed by atoms with Crippen molar-refractivity contribution in [2.24, 2.45) is 11.7 Å². The van der Waals surface area contributed by atoms with Gasteiger partial charge in [-0.2, -0.15) is 0 Å².